The van der Waals surface area contributed by atoms with E-state index >= 15 is 0 Å². The number of anilines is 1. The van der Waals surface area contributed by atoms with Crippen molar-refractivity contribution in [3.8, 4) is 6.07 Å². The molecule has 0 aliphatic carbocycles. The summed E-state index contributed by atoms with van der Waals surface area (Å²) in [4.78, 5) is 11.7. The zero-order valence-corrected chi connectivity index (χ0v) is 12.2. The number of rotatable bonds is 5. The number of hydrogen-bond donors (Lipinski definition) is 1. The Morgan fingerprint density at radius 3 is 2.37 bits per heavy atom. The van der Waals surface area contributed by atoms with Crippen molar-refractivity contribution in [2.45, 2.75) is 46.0 Å². The summed E-state index contributed by atoms with van der Waals surface area (Å²) in [5, 5.41) is 11.9. The lowest BCUT2D eigenvalue weighted by atomic mass is 9.86. The number of carbonyl (C=O) groups excluding carboxylic acids is 1. The molecule has 0 aliphatic rings. The Morgan fingerprint density at radius 2 is 1.89 bits per heavy atom. The van der Waals surface area contributed by atoms with Crippen LogP contribution in [0.4, 0.5) is 5.69 Å². The van der Waals surface area contributed by atoms with Crippen LogP contribution in [0.15, 0.2) is 24.3 Å². The summed E-state index contributed by atoms with van der Waals surface area (Å²) in [7, 11) is 0. The van der Waals surface area contributed by atoms with Gasteiger partial charge in [0.25, 0.3) is 0 Å². The molecule has 19 heavy (non-hydrogen) atoms. The first-order valence-corrected chi connectivity index (χ1v) is 6.67. The smallest absolute Gasteiger partial charge is 0.224 e. The molecular weight excluding hydrogens is 236 g/mol. The molecule has 3 heteroatoms. The van der Waals surface area contributed by atoms with Gasteiger partial charge in [-0.2, -0.15) is 5.26 Å². The SMILES string of the molecule is CC(C)CCC(=O)Nc1ccc(C(C)(C)C#N)cc1. The summed E-state index contributed by atoms with van der Waals surface area (Å²) in [6.07, 6.45) is 1.44. The van der Waals surface area contributed by atoms with E-state index in [0.29, 0.717) is 12.3 Å². The Kier molecular flexibility index (Phi) is 5.11. The normalized spacial score (nSPS) is 11.2. The molecule has 0 bridgehead atoms. The van der Waals surface area contributed by atoms with Crippen LogP contribution < -0.4 is 5.32 Å². The molecule has 102 valence electrons. The highest BCUT2D eigenvalue weighted by atomic mass is 16.1. The Morgan fingerprint density at radius 1 is 1.32 bits per heavy atom. The number of benzene rings is 1. The third kappa shape index (κ3) is 4.75. The minimum Gasteiger partial charge on any atom is -0.326 e. The predicted octanol–water partition coefficient (Wildman–Crippen LogP) is 3.86. The zero-order valence-electron chi connectivity index (χ0n) is 12.2. The van der Waals surface area contributed by atoms with Gasteiger partial charge in [0.1, 0.15) is 0 Å². The fourth-order valence-electron chi connectivity index (χ4n) is 1.68. The molecule has 0 radical (unpaired) electrons. The summed E-state index contributed by atoms with van der Waals surface area (Å²) < 4.78 is 0. The number of nitrogens with zero attached hydrogens (tertiary/aromatic N) is 1. The van der Waals surface area contributed by atoms with E-state index in [1.54, 1.807) is 0 Å². The van der Waals surface area contributed by atoms with E-state index < -0.39 is 5.41 Å². The van der Waals surface area contributed by atoms with Crippen LogP contribution in [-0.4, -0.2) is 5.91 Å². The van der Waals surface area contributed by atoms with Gasteiger partial charge in [-0.1, -0.05) is 26.0 Å². The largest absolute Gasteiger partial charge is 0.326 e. The van der Waals surface area contributed by atoms with E-state index in [2.05, 4.69) is 25.2 Å². The Balaban J connectivity index is 2.63. The van der Waals surface area contributed by atoms with Gasteiger partial charge >= 0.3 is 0 Å². The van der Waals surface area contributed by atoms with Gasteiger partial charge in [-0.3, -0.25) is 4.79 Å². The van der Waals surface area contributed by atoms with Crippen LogP contribution in [-0.2, 0) is 10.2 Å². The first-order chi connectivity index (χ1) is 8.85. The number of nitriles is 1. The molecule has 1 aromatic rings. The highest BCUT2D eigenvalue weighted by Gasteiger charge is 2.19. The zero-order chi connectivity index (χ0) is 14.5. The lowest BCUT2D eigenvalue weighted by Gasteiger charge is -2.16. The lowest BCUT2D eigenvalue weighted by molar-refractivity contribution is -0.116. The second kappa shape index (κ2) is 6.38. The predicted molar refractivity (Wildman–Crippen MR) is 77.8 cm³/mol. The van der Waals surface area contributed by atoms with Crippen LogP contribution in [0.5, 0.6) is 0 Å². The van der Waals surface area contributed by atoms with Gasteiger partial charge in [-0.15, -0.1) is 0 Å². The molecule has 0 atom stereocenters. The minimum absolute atomic E-state index is 0.0426. The number of carbonyl (C=O) groups is 1. The Labute approximate surface area is 115 Å². The molecule has 1 N–H and O–H groups in total. The molecule has 0 aliphatic heterocycles. The average molecular weight is 258 g/mol. The molecule has 0 heterocycles. The third-order valence-corrected chi connectivity index (χ3v) is 3.12. The highest BCUT2D eigenvalue weighted by molar-refractivity contribution is 5.90. The van der Waals surface area contributed by atoms with Gasteiger partial charge in [0.15, 0.2) is 0 Å². The van der Waals surface area contributed by atoms with Crippen molar-refractivity contribution in [2.24, 2.45) is 5.92 Å². The Hall–Kier alpha value is -1.82. The number of nitrogens with one attached hydrogen (secondary N) is 1. The van der Waals surface area contributed by atoms with E-state index in [1.165, 1.54) is 0 Å². The summed E-state index contributed by atoms with van der Waals surface area (Å²) >= 11 is 0. The first kappa shape index (κ1) is 15.2. The van der Waals surface area contributed by atoms with Crippen molar-refractivity contribution < 1.29 is 4.79 Å². The Bertz CT molecular complexity index is 467. The van der Waals surface area contributed by atoms with Gasteiger partial charge in [0.05, 0.1) is 11.5 Å². The van der Waals surface area contributed by atoms with Crippen LogP contribution in [0.25, 0.3) is 0 Å². The van der Waals surface area contributed by atoms with Crippen molar-refractivity contribution in [3.05, 3.63) is 29.8 Å². The van der Waals surface area contributed by atoms with Gasteiger partial charge < -0.3 is 5.32 Å². The second-order valence-corrected chi connectivity index (χ2v) is 5.79. The van der Waals surface area contributed by atoms with Gasteiger partial charge in [-0.05, 0) is 43.9 Å². The maximum Gasteiger partial charge on any atom is 0.224 e. The molecule has 0 fully saturated rings. The standard InChI is InChI=1S/C16H22N2O/c1-12(2)5-10-15(19)18-14-8-6-13(7-9-14)16(3,4)11-17/h6-9,12H,5,10H2,1-4H3,(H,18,19). The van der Waals surface area contributed by atoms with Crippen LogP contribution >= 0.6 is 0 Å². The van der Waals surface area contributed by atoms with Crippen LogP contribution in [0.3, 0.4) is 0 Å². The topological polar surface area (TPSA) is 52.9 Å². The average Bonchev–Trinajstić information content (AvgIpc) is 2.37. The molecule has 1 rings (SSSR count). The fourth-order valence-corrected chi connectivity index (χ4v) is 1.68. The van der Waals surface area contributed by atoms with Crippen molar-refractivity contribution in [3.63, 3.8) is 0 Å². The van der Waals surface area contributed by atoms with E-state index in [-0.39, 0.29) is 5.91 Å². The minimum atomic E-state index is -0.500. The molecule has 0 unspecified atom stereocenters. The number of amides is 1. The highest BCUT2D eigenvalue weighted by Crippen LogP contribution is 2.23. The summed E-state index contributed by atoms with van der Waals surface area (Å²) in [6.45, 7) is 7.96. The van der Waals surface area contributed by atoms with Crippen molar-refractivity contribution in [1.82, 2.24) is 0 Å². The van der Waals surface area contributed by atoms with Crippen molar-refractivity contribution >= 4 is 11.6 Å². The summed E-state index contributed by atoms with van der Waals surface area (Å²) in [6, 6.07) is 9.74. The van der Waals surface area contributed by atoms with Crippen LogP contribution in [0.1, 0.15) is 46.1 Å². The van der Waals surface area contributed by atoms with Crippen molar-refractivity contribution in [1.29, 1.82) is 5.26 Å². The van der Waals surface area contributed by atoms with Gasteiger partial charge in [0.2, 0.25) is 5.91 Å². The number of hydrogen-bond acceptors (Lipinski definition) is 2. The molecule has 0 aromatic heterocycles. The molecule has 1 aromatic carbocycles. The second-order valence-electron chi connectivity index (χ2n) is 5.79. The maximum atomic E-state index is 11.7. The molecular formula is C16H22N2O. The third-order valence-electron chi connectivity index (χ3n) is 3.12. The first-order valence-electron chi connectivity index (χ1n) is 6.67. The monoisotopic (exact) mass is 258 g/mol. The van der Waals surface area contributed by atoms with Crippen molar-refractivity contribution in [2.75, 3.05) is 5.32 Å². The molecule has 0 spiro atoms. The lowest BCUT2D eigenvalue weighted by Crippen LogP contribution is -2.15. The fraction of sp³-hybridized carbons (Fsp3) is 0.500. The van der Waals surface area contributed by atoms with Crippen LogP contribution in [0, 0.1) is 17.2 Å². The quantitative estimate of drug-likeness (QED) is 0.871. The molecule has 0 saturated carbocycles. The van der Waals surface area contributed by atoms with E-state index in [4.69, 9.17) is 5.26 Å². The molecule has 0 saturated heterocycles. The van der Waals surface area contributed by atoms with E-state index in [9.17, 15) is 4.79 Å². The van der Waals surface area contributed by atoms with Gasteiger partial charge in [0, 0.05) is 12.1 Å². The summed E-state index contributed by atoms with van der Waals surface area (Å²) in [5.74, 6) is 0.575. The summed E-state index contributed by atoms with van der Waals surface area (Å²) in [5.41, 5.74) is 1.24. The van der Waals surface area contributed by atoms with E-state index in [0.717, 1.165) is 17.7 Å². The van der Waals surface area contributed by atoms with E-state index in [1.807, 2.05) is 38.1 Å². The van der Waals surface area contributed by atoms with Gasteiger partial charge in [-0.25, -0.2) is 0 Å². The molecule has 1 amide bonds. The maximum absolute atomic E-state index is 11.7. The van der Waals surface area contributed by atoms with Crippen LogP contribution in [0.2, 0.25) is 0 Å². The molecule has 3 nitrogen and oxygen atoms in total.